The summed E-state index contributed by atoms with van der Waals surface area (Å²) in [7, 11) is 0. The molecule has 1 saturated heterocycles. The van der Waals surface area contributed by atoms with Crippen LogP contribution >= 0.6 is 23.4 Å². The van der Waals surface area contributed by atoms with Gasteiger partial charge in [0, 0.05) is 27.9 Å². The van der Waals surface area contributed by atoms with E-state index in [0.717, 1.165) is 21.6 Å². The molecule has 1 N–H and O–H groups in total. The van der Waals surface area contributed by atoms with Crippen molar-refractivity contribution in [2.24, 2.45) is 0 Å². The van der Waals surface area contributed by atoms with Gasteiger partial charge in [-0.05, 0) is 30.4 Å². The number of rotatable bonds is 2. The van der Waals surface area contributed by atoms with Gasteiger partial charge in [0.1, 0.15) is 0 Å². The highest BCUT2D eigenvalue weighted by Gasteiger charge is 2.24. The van der Waals surface area contributed by atoms with Crippen molar-refractivity contribution < 1.29 is 0 Å². The number of nitrogens with zero attached hydrogens (tertiary/aromatic N) is 1. The lowest BCUT2D eigenvalue weighted by Gasteiger charge is -2.19. The van der Waals surface area contributed by atoms with E-state index >= 15 is 0 Å². The average Bonchev–Trinajstić information content (AvgIpc) is 2.75. The molecule has 0 radical (unpaired) electrons. The Kier molecular flexibility index (Phi) is 3.35. The first-order valence-electron chi connectivity index (χ1n) is 6.16. The van der Waals surface area contributed by atoms with E-state index in [9.17, 15) is 0 Å². The number of fused-ring (bicyclic) bond motifs is 1. The molecule has 0 spiro atoms. The second kappa shape index (κ2) is 4.98. The van der Waals surface area contributed by atoms with E-state index in [1.165, 1.54) is 12.2 Å². The maximum atomic E-state index is 6.17. The summed E-state index contributed by atoms with van der Waals surface area (Å²) in [4.78, 5) is 4.46. The summed E-state index contributed by atoms with van der Waals surface area (Å²) in [5.41, 5.74) is 2.06. The third-order valence-electron chi connectivity index (χ3n) is 3.39. The van der Waals surface area contributed by atoms with Gasteiger partial charge in [0.05, 0.1) is 11.2 Å². The van der Waals surface area contributed by atoms with E-state index < -0.39 is 0 Å². The number of hydrogen-bond donors (Lipinski definition) is 1. The molecule has 2 heterocycles. The van der Waals surface area contributed by atoms with Crippen molar-refractivity contribution in [3.05, 3.63) is 35.5 Å². The van der Waals surface area contributed by atoms with E-state index in [2.05, 4.69) is 17.2 Å². The molecule has 1 aromatic carbocycles. The van der Waals surface area contributed by atoms with Crippen molar-refractivity contribution in [1.82, 2.24) is 4.98 Å². The average molecular weight is 279 g/mol. The van der Waals surface area contributed by atoms with Crippen LogP contribution in [0.25, 0.3) is 10.9 Å². The first-order valence-corrected chi connectivity index (χ1v) is 7.59. The molecule has 0 saturated carbocycles. The SMILES string of the molecule is CC1SCCC1Nc1cc(Cl)cc2cccnc12. The Morgan fingerprint density at radius 1 is 1.44 bits per heavy atom. The fourth-order valence-corrected chi connectivity index (χ4v) is 3.81. The Hall–Kier alpha value is -0.930. The predicted octanol–water partition coefficient (Wildman–Crippen LogP) is 4.19. The largest absolute Gasteiger partial charge is 0.379 e. The number of aromatic nitrogens is 1. The fraction of sp³-hybridized carbons (Fsp3) is 0.357. The third-order valence-corrected chi connectivity index (χ3v) is 4.93. The van der Waals surface area contributed by atoms with E-state index in [0.29, 0.717) is 11.3 Å². The first-order chi connectivity index (χ1) is 8.74. The Morgan fingerprint density at radius 3 is 3.11 bits per heavy atom. The molecule has 2 aromatic rings. The maximum Gasteiger partial charge on any atom is 0.0934 e. The van der Waals surface area contributed by atoms with E-state index in [1.807, 2.05) is 42.2 Å². The minimum absolute atomic E-state index is 0.513. The van der Waals surface area contributed by atoms with Gasteiger partial charge in [0.2, 0.25) is 0 Å². The van der Waals surface area contributed by atoms with Crippen LogP contribution in [-0.4, -0.2) is 22.0 Å². The summed E-state index contributed by atoms with van der Waals surface area (Å²) in [6.07, 6.45) is 3.03. The standard InChI is InChI=1S/C14H15ClN2S/c1-9-12(4-6-18-9)17-13-8-11(15)7-10-3-2-5-16-14(10)13/h2-3,5,7-9,12,17H,4,6H2,1H3. The molecule has 4 heteroatoms. The maximum absolute atomic E-state index is 6.17. The number of nitrogens with one attached hydrogen (secondary N) is 1. The lowest BCUT2D eigenvalue weighted by Crippen LogP contribution is -2.24. The zero-order valence-electron chi connectivity index (χ0n) is 10.2. The number of pyridine rings is 1. The Bertz CT molecular complexity index is 573. The summed E-state index contributed by atoms with van der Waals surface area (Å²) in [5.74, 6) is 1.23. The molecule has 0 aliphatic carbocycles. The minimum atomic E-state index is 0.513. The van der Waals surface area contributed by atoms with Gasteiger partial charge in [-0.25, -0.2) is 0 Å². The number of hydrogen-bond acceptors (Lipinski definition) is 3. The van der Waals surface area contributed by atoms with Gasteiger partial charge < -0.3 is 5.32 Å². The monoisotopic (exact) mass is 278 g/mol. The van der Waals surface area contributed by atoms with Gasteiger partial charge in [-0.2, -0.15) is 11.8 Å². The Balaban J connectivity index is 2.00. The van der Waals surface area contributed by atoms with Crippen LogP contribution in [-0.2, 0) is 0 Å². The number of thioether (sulfide) groups is 1. The van der Waals surface area contributed by atoms with Crippen molar-refractivity contribution in [2.45, 2.75) is 24.6 Å². The highest BCUT2D eigenvalue weighted by molar-refractivity contribution is 8.00. The summed E-state index contributed by atoms with van der Waals surface area (Å²) in [6.45, 7) is 2.27. The Labute approximate surface area is 116 Å². The van der Waals surface area contributed by atoms with E-state index in [1.54, 1.807) is 0 Å². The summed E-state index contributed by atoms with van der Waals surface area (Å²) < 4.78 is 0. The third kappa shape index (κ3) is 2.29. The molecule has 0 bridgehead atoms. The first kappa shape index (κ1) is 12.1. The highest BCUT2D eigenvalue weighted by Crippen LogP contribution is 2.32. The highest BCUT2D eigenvalue weighted by atomic mass is 35.5. The van der Waals surface area contributed by atoms with E-state index in [-0.39, 0.29) is 0 Å². The lowest BCUT2D eigenvalue weighted by molar-refractivity contribution is 0.725. The molecule has 2 unspecified atom stereocenters. The number of anilines is 1. The molecule has 0 amide bonds. The normalized spacial score (nSPS) is 23.4. The molecular formula is C14H15ClN2S. The number of benzene rings is 1. The van der Waals surface area contributed by atoms with Crippen LogP contribution in [0.4, 0.5) is 5.69 Å². The van der Waals surface area contributed by atoms with Gasteiger partial charge in [0.15, 0.2) is 0 Å². The van der Waals surface area contributed by atoms with Gasteiger partial charge >= 0.3 is 0 Å². The Morgan fingerprint density at radius 2 is 2.33 bits per heavy atom. The quantitative estimate of drug-likeness (QED) is 0.891. The predicted molar refractivity (Wildman–Crippen MR) is 80.7 cm³/mol. The molecule has 1 aliphatic rings. The molecule has 1 aromatic heterocycles. The van der Waals surface area contributed by atoms with Crippen LogP contribution in [0.3, 0.4) is 0 Å². The van der Waals surface area contributed by atoms with Crippen molar-refractivity contribution in [2.75, 3.05) is 11.1 Å². The topological polar surface area (TPSA) is 24.9 Å². The molecule has 1 aliphatic heterocycles. The van der Waals surface area contributed by atoms with Crippen LogP contribution in [0.15, 0.2) is 30.5 Å². The summed E-state index contributed by atoms with van der Waals surface area (Å²) >= 11 is 8.19. The van der Waals surface area contributed by atoms with E-state index in [4.69, 9.17) is 11.6 Å². The van der Waals surface area contributed by atoms with Gasteiger partial charge in [-0.15, -0.1) is 0 Å². The zero-order valence-corrected chi connectivity index (χ0v) is 11.8. The zero-order chi connectivity index (χ0) is 12.5. The molecule has 18 heavy (non-hydrogen) atoms. The van der Waals surface area contributed by atoms with Crippen molar-refractivity contribution in [3.8, 4) is 0 Å². The molecule has 2 atom stereocenters. The smallest absolute Gasteiger partial charge is 0.0934 e. The van der Waals surface area contributed by atoms with Crippen LogP contribution < -0.4 is 5.32 Å². The molecular weight excluding hydrogens is 264 g/mol. The fourth-order valence-electron chi connectivity index (χ4n) is 2.39. The summed E-state index contributed by atoms with van der Waals surface area (Å²) in [5, 5.41) is 6.10. The molecule has 1 fully saturated rings. The van der Waals surface area contributed by atoms with Crippen LogP contribution in [0.1, 0.15) is 13.3 Å². The molecule has 3 rings (SSSR count). The van der Waals surface area contributed by atoms with Gasteiger partial charge in [-0.1, -0.05) is 24.6 Å². The summed E-state index contributed by atoms with van der Waals surface area (Å²) in [6, 6.07) is 8.44. The second-order valence-corrected chi connectivity index (χ2v) is 6.57. The van der Waals surface area contributed by atoms with Crippen LogP contribution in [0, 0.1) is 0 Å². The molecule has 2 nitrogen and oxygen atoms in total. The second-order valence-electron chi connectivity index (χ2n) is 4.64. The number of halogens is 1. The molecule has 94 valence electrons. The van der Waals surface area contributed by atoms with Gasteiger partial charge in [0.25, 0.3) is 0 Å². The van der Waals surface area contributed by atoms with Crippen molar-refractivity contribution >= 4 is 40.0 Å². The van der Waals surface area contributed by atoms with Crippen LogP contribution in [0.5, 0.6) is 0 Å². The van der Waals surface area contributed by atoms with Crippen LogP contribution in [0.2, 0.25) is 5.02 Å². The van der Waals surface area contributed by atoms with Crippen molar-refractivity contribution in [1.29, 1.82) is 0 Å². The van der Waals surface area contributed by atoms with Crippen molar-refractivity contribution in [3.63, 3.8) is 0 Å². The minimum Gasteiger partial charge on any atom is -0.379 e. The lowest BCUT2D eigenvalue weighted by atomic mass is 10.1. The van der Waals surface area contributed by atoms with Gasteiger partial charge in [-0.3, -0.25) is 4.98 Å².